The molecule has 2 aliphatic heterocycles. The maximum absolute atomic E-state index is 6.08. The lowest BCUT2D eigenvalue weighted by atomic mass is 9.46. The summed E-state index contributed by atoms with van der Waals surface area (Å²) in [5.74, 6) is 2.60. The lowest BCUT2D eigenvalue weighted by Gasteiger charge is -2.63. The van der Waals surface area contributed by atoms with Gasteiger partial charge >= 0.3 is 0 Å². The fourth-order valence-corrected chi connectivity index (χ4v) is 5.64. The molecule has 7 nitrogen and oxygen atoms in total. The predicted octanol–water partition coefficient (Wildman–Crippen LogP) is 1.65. The van der Waals surface area contributed by atoms with E-state index in [0.29, 0.717) is 23.5 Å². The van der Waals surface area contributed by atoms with E-state index in [0.717, 1.165) is 70.7 Å². The highest BCUT2D eigenvalue weighted by atomic mass is 16.5. The fourth-order valence-electron chi connectivity index (χ4n) is 5.64. The number of fused-ring (bicyclic) bond motifs is 2. The minimum atomic E-state index is 0.356. The largest absolute Gasteiger partial charge is 0.469 e. The Balaban J connectivity index is 1.20. The van der Waals surface area contributed by atoms with E-state index in [1.807, 2.05) is 12.1 Å². The van der Waals surface area contributed by atoms with E-state index in [2.05, 4.69) is 15.5 Å². The average molecular weight is 403 g/mol. The summed E-state index contributed by atoms with van der Waals surface area (Å²) in [4.78, 5) is 7.37. The van der Waals surface area contributed by atoms with Gasteiger partial charge in [0.25, 0.3) is 0 Å². The molecule has 29 heavy (non-hydrogen) atoms. The Morgan fingerprint density at radius 3 is 2.90 bits per heavy atom. The van der Waals surface area contributed by atoms with Gasteiger partial charge in [-0.15, -0.1) is 0 Å². The quantitative estimate of drug-likeness (QED) is 0.534. The van der Waals surface area contributed by atoms with Crippen molar-refractivity contribution >= 4 is 5.96 Å². The number of rotatable bonds is 7. The molecule has 0 aromatic carbocycles. The minimum Gasteiger partial charge on any atom is -0.469 e. The molecule has 4 fully saturated rings. The first-order valence-electron chi connectivity index (χ1n) is 11.3. The van der Waals surface area contributed by atoms with Gasteiger partial charge in [0, 0.05) is 56.6 Å². The average Bonchev–Trinajstić information content (AvgIpc) is 3.36. The number of furan rings is 1. The molecule has 0 radical (unpaired) electrons. The third-order valence-corrected chi connectivity index (χ3v) is 7.36. The van der Waals surface area contributed by atoms with Crippen molar-refractivity contribution in [2.75, 3.05) is 52.5 Å². The zero-order valence-electron chi connectivity index (χ0n) is 17.3. The molecule has 1 spiro atoms. The van der Waals surface area contributed by atoms with Crippen LogP contribution in [-0.2, 0) is 15.9 Å². The zero-order valence-corrected chi connectivity index (χ0v) is 17.3. The number of ether oxygens (including phenoxy) is 2. The van der Waals surface area contributed by atoms with Crippen LogP contribution in [0.5, 0.6) is 0 Å². The maximum Gasteiger partial charge on any atom is 0.191 e. The van der Waals surface area contributed by atoms with Gasteiger partial charge in [0.05, 0.1) is 32.1 Å². The van der Waals surface area contributed by atoms with Gasteiger partial charge in [0.1, 0.15) is 5.76 Å². The van der Waals surface area contributed by atoms with Gasteiger partial charge in [-0.3, -0.25) is 9.89 Å². The molecular formula is C22H34N4O3. The topological polar surface area (TPSA) is 71.3 Å². The minimum absolute atomic E-state index is 0.356. The lowest BCUT2D eigenvalue weighted by molar-refractivity contribution is -0.171. The van der Waals surface area contributed by atoms with Gasteiger partial charge in [-0.05, 0) is 31.4 Å². The van der Waals surface area contributed by atoms with Crippen LogP contribution in [-0.4, -0.2) is 75.5 Å². The standard InChI is InChI=1S/C22H34N4O3/c1-3-17(28-13-1)4-8-23-21(24-9-10-26-11-15-27-16-12-26)25-19-18-5-14-29-20(18)22(19)6-2-7-22/h1,3,13,18-20H,2,4-12,14-16H2,(H2,23,24,25). The van der Waals surface area contributed by atoms with Crippen LogP contribution < -0.4 is 10.6 Å². The molecule has 2 saturated carbocycles. The van der Waals surface area contributed by atoms with Gasteiger partial charge in [0.2, 0.25) is 0 Å². The van der Waals surface area contributed by atoms with Crippen LogP contribution in [0.25, 0.3) is 0 Å². The maximum atomic E-state index is 6.08. The molecule has 5 rings (SSSR count). The third kappa shape index (κ3) is 3.92. The van der Waals surface area contributed by atoms with Crippen molar-refractivity contribution in [2.24, 2.45) is 16.3 Å². The van der Waals surface area contributed by atoms with Crippen molar-refractivity contribution in [2.45, 2.75) is 44.2 Å². The van der Waals surface area contributed by atoms with E-state index in [1.165, 1.54) is 25.7 Å². The van der Waals surface area contributed by atoms with Gasteiger partial charge < -0.3 is 24.5 Å². The molecule has 7 heteroatoms. The van der Waals surface area contributed by atoms with Crippen molar-refractivity contribution in [1.29, 1.82) is 0 Å². The molecule has 2 aliphatic carbocycles. The van der Waals surface area contributed by atoms with Gasteiger partial charge in [-0.25, -0.2) is 0 Å². The number of guanidine groups is 1. The molecule has 2 saturated heterocycles. The monoisotopic (exact) mass is 402 g/mol. The van der Waals surface area contributed by atoms with Crippen LogP contribution in [0, 0.1) is 11.3 Å². The highest BCUT2D eigenvalue weighted by Crippen LogP contribution is 2.62. The Hall–Kier alpha value is -1.57. The summed E-state index contributed by atoms with van der Waals surface area (Å²) in [7, 11) is 0. The van der Waals surface area contributed by atoms with E-state index in [9.17, 15) is 0 Å². The van der Waals surface area contributed by atoms with Crippen molar-refractivity contribution < 1.29 is 13.9 Å². The zero-order chi connectivity index (χ0) is 19.5. The van der Waals surface area contributed by atoms with Gasteiger partial charge in [0.15, 0.2) is 5.96 Å². The number of hydrogen-bond donors (Lipinski definition) is 2. The van der Waals surface area contributed by atoms with E-state index in [4.69, 9.17) is 18.9 Å². The van der Waals surface area contributed by atoms with Crippen molar-refractivity contribution in [1.82, 2.24) is 15.5 Å². The molecule has 3 heterocycles. The Kier molecular flexibility index (Phi) is 5.79. The van der Waals surface area contributed by atoms with Crippen LogP contribution in [0.2, 0.25) is 0 Å². The van der Waals surface area contributed by atoms with E-state index < -0.39 is 0 Å². The Labute approximate surface area is 173 Å². The molecule has 160 valence electrons. The second-order valence-corrected chi connectivity index (χ2v) is 8.89. The number of hydrogen-bond acceptors (Lipinski definition) is 5. The fraction of sp³-hybridized carbons (Fsp3) is 0.773. The second kappa shape index (κ2) is 8.66. The molecule has 1 aromatic rings. The Morgan fingerprint density at radius 1 is 1.24 bits per heavy atom. The predicted molar refractivity (Wildman–Crippen MR) is 111 cm³/mol. The first-order chi connectivity index (χ1) is 14.4. The Bertz CT molecular complexity index is 682. The lowest BCUT2D eigenvalue weighted by Crippen LogP contribution is -2.72. The highest BCUT2D eigenvalue weighted by molar-refractivity contribution is 5.80. The van der Waals surface area contributed by atoms with E-state index in [-0.39, 0.29) is 0 Å². The van der Waals surface area contributed by atoms with Crippen LogP contribution in [0.3, 0.4) is 0 Å². The smallest absolute Gasteiger partial charge is 0.191 e. The molecule has 1 aromatic heterocycles. The summed E-state index contributed by atoms with van der Waals surface area (Å²) >= 11 is 0. The molecule has 0 amide bonds. The third-order valence-electron chi connectivity index (χ3n) is 7.36. The highest BCUT2D eigenvalue weighted by Gasteiger charge is 2.66. The van der Waals surface area contributed by atoms with Gasteiger partial charge in [-0.2, -0.15) is 0 Å². The first kappa shape index (κ1) is 19.4. The summed E-state index contributed by atoms with van der Waals surface area (Å²) in [5.41, 5.74) is 0.356. The summed E-state index contributed by atoms with van der Waals surface area (Å²) in [6.45, 7) is 7.23. The number of nitrogens with one attached hydrogen (secondary N) is 2. The number of morpholine rings is 1. The van der Waals surface area contributed by atoms with Gasteiger partial charge in [-0.1, -0.05) is 6.42 Å². The SMILES string of the molecule is c1coc(CCNC(=NCCN2CCOCC2)NC2C3CCOC3C23CCC3)c1. The molecule has 3 unspecified atom stereocenters. The van der Waals surface area contributed by atoms with Crippen LogP contribution >= 0.6 is 0 Å². The summed E-state index contributed by atoms with van der Waals surface area (Å²) < 4.78 is 17.0. The van der Waals surface area contributed by atoms with E-state index in [1.54, 1.807) is 6.26 Å². The van der Waals surface area contributed by atoms with Crippen molar-refractivity contribution in [3.8, 4) is 0 Å². The molecule has 0 bridgehead atoms. The summed E-state index contributed by atoms with van der Waals surface area (Å²) in [6, 6.07) is 4.47. The van der Waals surface area contributed by atoms with Crippen LogP contribution in [0.1, 0.15) is 31.4 Å². The Morgan fingerprint density at radius 2 is 2.14 bits per heavy atom. The van der Waals surface area contributed by atoms with Crippen molar-refractivity contribution in [3.63, 3.8) is 0 Å². The normalized spacial score (nSPS) is 31.2. The number of aliphatic imine (C=N–C) groups is 1. The van der Waals surface area contributed by atoms with E-state index >= 15 is 0 Å². The summed E-state index contributed by atoms with van der Waals surface area (Å²) in [5, 5.41) is 7.38. The van der Waals surface area contributed by atoms with Crippen LogP contribution in [0.15, 0.2) is 27.8 Å². The molecule has 2 N–H and O–H groups in total. The molecular weight excluding hydrogens is 368 g/mol. The molecule has 3 atom stereocenters. The first-order valence-corrected chi connectivity index (χ1v) is 11.3. The van der Waals surface area contributed by atoms with Crippen LogP contribution in [0.4, 0.5) is 0 Å². The summed E-state index contributed by atoms with van der Waals surface area (Å²) in [6.07, 6.45) is 8.17. The molecule has 4 aliphatic rings. The number of nitrogens with zero attached hydrogens (tertiary/aromatic N) is 2. The van der Waals surface area contributed by atoms with Crippen molar-refractivity contribution in [3.05, 3.63) is 24.2 Å². The second-order valence-electron chi connectivity index (χ2n) is 8.89.